The standard InChI is InChI=1S/C17H12N6O2/c1-19-12-8-20-23-13(7-18)15(24)11-6-9-4-2-3-5-10(9)14(16(11)25)21-22-17(12)23/h2-6,8,13,25H,7,18H2. The van der Waals surface area contributed by atoms with E-state index < -0.39 is 11.8 Å². The lowest BCUT2D eigenvalue weighted by Gasteiger charge is -2.16. The van der Waals surface area contributed by atoms with Crippen molar-refractivity contribution >= 4 is 33.7 Å². The number of azo groups is 1. The SMILES string of the molecule is [C-]#[N+]c1cnn2c1N=Nc1c(O)c(cc3ccccc13)C(=O)C2CN. The zero-order chi connectivity index (χ0) is 17.6. The Morgan fingerprint density at radius 2 is 2.12 bits per heavy atom. The van der Waals surface area contributed by atoms with Crippen LogP contribution in [0.15, 0.2) is 46.8 Å². The lowest BCUT2D eigenvalue weighted by atomic mass is 9.97. The van der Waals surface area contributed by atoms with E-state index in [4.69, 9.17) is 12.3 Å². The molecular formula is C17H12N6O2. The van der Waals surface area contributed by atoms with Crippen LogP contribution in [0.25, 0.3) is 15.6 Å². The van der Waals surface area contributed by atoms with Crippen molar-refractivity contribution in [3.8, 4) is 5.75 Å². The Labute approximate surface area is 142 Å². The van der Waals surface area contributed by atoms with Crippen molar-refractivity contribution in [2.24, 2.45) is 16.0 Å². The van der Waals surface area contributed by atoms with E-state index in [1.165, 1.54) is 10.9 Å². The van der Waals surface area contributed by atoms with Crippen LogP contribution < -0.4 is 5.73 Å². The number of nitrogens with two attached hydrogens (primary N) is 1. The predicted octanol–water partition coefficient (Wildman–Crippen LogP) is 3.40. The molecule has 122 valence electrons. The first kappa shape index (κ1) is 15.0. The van der Waals surface area contributed by atoms with Crippen molar-refractivity contribution in [1.82, 2.24) is 9.78 Å². The summed E-state index contributed by atoms with van der Waals surface area (Å²) in [6.45, 7) is 7.19. The summed E-state index contributed by atoms with van der Waals surface area (Å²) >= 11 is 0. The topological polar surface area (TPSA) is 110 Å². The molecular weight excluding hydrogens is 320 g/mol. The number of nitrogens with zero attached hydrogens (tertiary/aromatic N) is 5. The number of ketones is 1. The number of fused-ring (bicyclic) bond motifs is 5. The average molecular weight is 332 g/mol. The Bertz CT molecular complexity index is 1090. The van der Waals surface area contributed by atoms with Crippen LogP contribution in [-0.4, -0.2) is 27.2 Å². The summed E-state index contributed by atoms with van der Waals surface area (Å²) < 4.78 is 1.29. The fourth-order valence-corrected chi connectivity index (χ4v) is 2.95. The molecule has 4 rings (SSSR count). The van der Waals surface area contributed by atoms with Gasteiger partial charge in [0.25, 0.3) is 5.69 Å². The van der Waals surface area contributed by atoms with Crippen molar-refractivity contribution < 1.29 is 9.90 Å². The van der Waals surface area contributed by atoms with E-state index >= 15 is 0 Å². The molecule has 1 aliphatic heterocycles. The van der Waals surface area contributed by atoms with Gasteiger partial charge in [-0.05, 0) is 11.5 Å². The second kappa shape index (κ2) is 5.51. The number of Topliss-reactive ketones (excluding diaryl/α,β-unsaturated/α-hetero) is 1. The van der Waals surface area contributed by atoms with Gasteiger partial charge in [0.05, 0.1) is 18.3 Å². The van der Waals surface area contributed by atoms with Crippen LogP contribution in [0.2, 0.25) is 0 Å². The first-order valence-electron chi connectivity index (χ1n) is 7.51. The summed E-state index contributed by atoms with van der Waals surface area (Å²) in [5.74, 6) is -0.508. The van der Waals surface area contributed by atoms with Crippen molar-refractivity contribution in [3.63, 3.8) is 0 Å². The van der Waals surface area contributed by atoms with Gasteiger partial charge in [0.1, 0.15) is 11.7 Å². The maximum atomic E-state index is 13.0. The lowest BCUT2D eigenvalue weighted by molar-refractivity contribution is 0.0921. The van der Waals surface area contributed by atoms with Crippen LogP contribution in [0.4, 0.5) is 17.2 Å². The zero-order valence-electron chi connectivity index (χ0n) is 12.9. The molecule has 0 spiro atoms. The average Bonchev–Trinajstić information content (AvgIpc) is 3.03. The highest BCUT2D eigenvalue weighted by molar-refractivity contribution is 6.09. The number of benzene rings is 2. The third-order valence-electron chi connectivity index (χ3n) is 4.20. The first-order valence-corrected chi connectivity index (χ1v) is 7.51. The van der Waals surface area contributed by atoms with Gasteiger partial charge in [0.15, 0.2) is 17.4 Å². The summed E-state index contributed by atoms with van der Waals surface area (Å²) in [7, 11) is 0. The third kappa shape index (κ3) is 2.10. The van der Waals surface area contributed by atoms with Crippen molar-refractivity contribution in [2.45, 2.75) is 6.04 Å². The Balaban J connectivity index is 2.11. The largest absolute Gasteiger partial charge is 0.505 e. The molecule has 2 heterocycles. The number of aromatic nitrogens is 2. The van der Waals surface area contributed by atoms with E-state index in [1.807, 2.05) is 12.1 Å². The van der Waals surface area contributed by atoms with Crippen LogP contribution in [0.1, 0.15) is 16.4 Å². The van der Waals surface area contributed by atoms with Gasteiger partial charge in [-0.2, -0.15) is 5.10 Å². The Morgan fingerprint density at radius 1 is 1.32 bits per heavy atom. The molecule has 25 heavy (non-hydrogen) atoms. The van der Waals surface area contributed by atoms with Crippen LogP contribution >= 0.6 is 0 Å². The Morgan fingerprint density at radius 3 is 2.88 bits per heavy atom. The molecule has 2 bridgehead atoms. The highest BCUT2D eigenvalue weighted by Gasteiger charge is 2.30. The van der Waals surface area contributed by atoms with Gasteiger partial charge in [-0.1, -0.05) is 24.3 Å². The number of hydrogen-bond acceptors (Lipinski definition) is 6. The van der Waals surface area contributed by atoms with Crippen LogP contribution in [0.3, 0.4) is 0 Å². The van der Waals surface area contributed by atoms with Gasteiger partial charge in [-0.25, -0.2) is 9.53 Å². The van der Waals surface area contributed by atoms with E-state index in [0.29, 0.717) is 5.39 Å². The number of rotatable bonds is 1. The van der Waals surface area contributed by atoms with Crippen LogP contribution in [0, 0.1) is 6.57 Å². The quantitative estimate of drug-likeness (QED) is 0.665. The van der Waals surface area contributed by atoms with Gasteiger partial charge in [0.2, 0.25) is 0 Å². The summed E-state index contributed by atoms with van der Waals surface area (Å²) in [5, 5.41) is 24.3. The molecule has 8 nitrogen and oxygen atoms in total. The molecule has 2 aromatic carbocycles. The normalized spacial score (nSPS) is 16.0. The van der Waals surface area contributed by atoms with E-state index in [-0.39, 0.29) is 35.1 Å². The molecule has 0 aliphatic carbocycles. The minimum atomic E-state index is -0.887. The smallest absolute Gasteiger partial charge is 0.251 e. The molecule has 0 saturated heterocycles. The van der Waals surface area contributed by atoms with Crippen LogP contribution in [0.5, 0.6) is 5.75 Å². The van der Waals surface area contributed by atoms with Crippen LogP contribution in [-0.2, 0) is 0 Å². The zero-order valence-corrected chi connectivity index (χ0v) is 12.9. The summed E-state index contributed by atoms with van der Waals surface area (Å²) in [5.41, 5.74) is 6.24. The van der Waals surface area contributed by atoms with Gasteiger partial charge in [-0.15, -0.1) is 10.2 Å². The van der Waals surface area contributed by atoms with E-state index in [1.54, 1.807) is 18.2 Å². The van der Waals surface area contributed by atoms with Gasteiger partial charge in [-0.3, -0.25) is 4.79 Å². The minimum Gasteiger partial charge on any atom is -0.505 e. The minimum absolute atomic E-state index is 0.0535. The molecule has 1 aliphatic rings. The van der Waals surface area contributed by atoms with Gasteiger partial charge in [0, 0.05) is 11.9 Å². The number of phenols is 1. The fourth-order valence-electron chi connectivity index (χ4n) is 2.95. The summed E-state index contributed by atoms with van der Waals surface area (Å²) in [6.07, 6.45) is 1.32. The molecule has 0 amide bonds. The molecule has 0 fully saturated rings. The molecule has 3 N–H and O–H groups in total. The van der Waals surface area contributed by atoms with Crippen molar-refractivity contribution in [1.29, 1.82) is 0 Å². The van der Waals surface area contributed by atoms with E-state index in [9.17, 15) is 9.90 Å². The molecule has 1 unspecified atom stereocenters. The van der Waals surface area contributed by atoms with Crippen molar-refractivity contribution in [3.05, 3.63) is 53.5 Å². The Kier molecular flexibility index (Phi) is 3.30. The number of phenolic OH excluding ortho intramolecular Hbond substituents is 1. The molecule has 0 saturated carbocycles. The molecule has 8 heteroatoms. The fraction of sp³-hybridized carbons (Fsp3) is 0.118. The summed E-state index contributed by atoms with van der Waals surface area (Å²) in [4.78, 5) is 16.4. The van der Waals surface area contributed by atoms with Gasteiger partial charge < -0.3 is 10.8 Å². The Hall–Kier alpha value is -3.57. The number of aromatic hydroxyl groups is 1. The molecule has 3 aromatic rings. The highest BCUT2D eigenvalue weighted by Crippen LogP contribution is 2.43. The monoisotopic (exact) mass is 332 g/mol. The predicted molar refractivity (Wildman–Crippen MR) is 90.7 cm³/mol. The highest BCUT2D eigenvalue weighted by atomic mass is 16.3. The lowest BCUT2D eigenvalue weighted by Crippen LogP contribution is -2.28. The second-order valence-electron chi connectivity index (χ2n) is 5.57. The molecule has 0 radical (unpaired) electrons. The van der Waals surface area contributed by atoms with E-state index in [2.05, 4.69) is 20.2 Å². The van der Waals surface area contributed by atoms with Gasteiger partial charge >= 0.3 is 0 Å². The molecule has 1 atom stereocenters. The second-order valence-corrected chi connectivity index (χ2v) is 5.57. The maximum absolute atomic E-state index is 13.0. The number of carbonyl (C=O) groups is 1. The molecule has 1 aromatic heterocycles. The van der Waals surface area contributed by atoms with Crippen molar-refractivity contribution in [2.75, 3.05) is 6.54 Å². The number of carbonyl (C=O) groups excluding carboxylic acids is 1. The van der Waals surface area contributed by atoms with E-state index in [0.717, 1.165) is 5.39 Å². The maximum Gasteiger partial charge on any atom is 0.251 e. The first-order chi connectivity index (χ1) is 12.2. The summed E-state index contributed by atoms with van der Waals surface area (Å²) in [6, 6.07) is 7.96. The number of hydrogen-bond donors (Lipinski definition) is 2. The third-order valence-corrected chi connectivity index (χ3v) is 4.20.